The topological polar surface area (TPSA) is 104 Å². The van der Waals surface area contributed by atoms with Crippen molar-refractivity contribution >= 4 is 17.9 Å². The number of guanidine groups is 1. The predicted octanol–water partition coefficient (Wildman–Crippen LogP) is 2.01. The summed E-state index contributed by atoms with van der Waals surface area (Å²) in [5, 5.41) is 9.06. The van der Waals surface area contributed by atoms with Crippen molar-refractivity contribution in [2.45, 2.75) is 44.4 Å². The van der Waals surface area contributed by atoms with E-state index in [0.717, 1.165) is 30.9 Å². The first-order valence-corrected chi connectivity index (χ1v) is 11.4. The van der Waals surface area contributed by atoms with Crippen molar-refractivity contribution in [3.63, 3.8) is 0 Å². The SMILES string of the molecule is CCNC(=NCC1(c2ccc(OC)c(OC)c2)CCCCC1)NCCN1C(=O)CNC1=O. The number of aliphatic imine (C=N–C) groups is 1. The van der Waals surface area contributed by atoms with Crippen molar-refractivity contribution in [3.05, 3.63) is 23.8 Å². The van der Waals surface area contributed by atoms with E-state index in [2.05, 4.69) is 28.1 Å². The lowest BCUT2D eigenvalue weighted by Gasteiger charge is -2.37. The first-order chi connectivity index (χ1) is 15.5. The molecule has 1 aromatic carbocycles. The maximum absolute atomic E-state index is 11.8. The molecule has 32 heavy (non-hydrogen) atoms. The molecule has 3 N–H and O–H groups in total. The molecule has 0 unspecified atom stereocenters. The zero-order valence-electron chi connectivity index (χ0n) is 19.3. The van der Waals surface area contributed by atoms with Crippen molar-refractivity contribution < 1.29 is 19.1 Å². The largest absolute Gasteiger partial charge is 0.493 e. The van der Waals surface area contributed by atoms with Crippen LogP contribution in [0.3, 0.4) is 0 Å². The van der Waals surface area contributed by atoms with E-state index in [1.807, 2.05) is 13.0 Å². The third-order valence-corrected chi connectivity index (χ3v) is 6.26. The first kappa shape index (κ1) is 23.7. The van der Waals surface area contributed by atoms with Crippen molar-refractivity contribution in [2.24, 2.45) is 4.99 Å². The lowest BCUT2D eigenvalue weighted by atomic mass is 9.69. The van der Waals surface area contributed by atoms with Crippen LogP contribution in [0.15, 0.2) is 23.2 Å². The highest BCUT2D eigenvalue weighted by atomic mass is 16.5. The molecule has 2 fully saturated rings. The number of imide groups is 1. The lowest BCUT2D eigenvalue weighted by molar-refractivity contribution is -0.124. The Hall–Kier alpha value is -2.97. The Morgan fingerprint density at radius 2 is 1.88 bits per heavy atom. The Labute approximate surface area is 189 Å². The predicted molar refractivity (Wildman–Crippen MR) is 123 cm³/mol. The van der Waals surface area contributed by atoms with E-state index in [0.29, 0.717) is 25.6 Å². The van der Waals surface area contributed by atoms with Gasteiger partial charge in [-0.3, -0.25) is 14.7 Å². The molecule has 3 amide bonds. The van der Waals surface area contributed by atoms with Gasteiger partial charge in [-0.1, -0.05) is 25.3 Å². The van der Waals surface area contributed by atoms with Crippen LogP contribution in [-0.2, 0) is 10.2 Å². The van der Waals surface area contributed by atoms with Gasteiger partial charge in [0.1, 0.15) is 0 Å². The smallest absolute Gasteiger partial charge is 0.324 e. The summed E-state index contributed by atoms with van der Waals surface area (Å²) in [6.07, 6.45) is 5.70. The highest BCUT2D eigenvalue weighted by Gasteiger charge is 2.35. The summed E-state index contributed by atoms with van der Waals surface area (Å²) in [4.78, 5) is 29.6. The number of rotatable bonds is 9. The van der Waals surface area contributed by atoms with Crippen LogP contribution in [-0.4, -0.2) is 69.7 Å². The van der Waals surface area contributed by atoms with E-state index in [4.69, 9.17) is 14.5 Å². The molecule has 3 rings (SSSR count). The van der Waals surface area contributed by atoms with E-state index < -0.39 is 0 Å². The van der Waals surface area contributed by atoms with Crippen LogP contribution in [0, 0.1) is 0 Å². The van der Waals surface area contributed by atoms with Gasteiger partial charge in [0.2, 0.25) is 5.91 Å². The number of hydrogen-bond acceptors (Lipinski definition) is 5. The number of carbonyl (C=O) groups excluding carboxylic acids is 2. The van der Waals surface area contributed by atoms with E-state index in [-0.39, 0.29) is 23.9 Å². The van der Waals surface area contributed by atoms with Gasteiger partial charge in [-0.05, 0) is 37.5 Å². The minimum atomic E-state index is -0.339. The molecule has 2 aliphatic rings. The van der Waals surface area contributed by atoms with Crippen LogP contribution in [0.25, 0.3) is 0 Å². The molecule has 1 aliphatic heterocycles. The maximum Gasteiger partial charge on any atom is 0.324 e. The summed E-state index contributed by atoms with van der Waals surface area (Å²) in [6.45, 7) is 4.18. The number of nitrogens with zero attached hydrogens (tertiary/aromatic N) is 2. The molecule has 1 saturated heterocycles. The summed E-state index contributed by atoms with van der Waals surface area (Å²) in [7, 11) is 3.30. The molecule has 0 bridgehead atoms. The number of benzene rings is 1. The molecule has 0 aromatic heterocycles. The van der Waals surface area contributed by atoms with Gasteiger partial charge in [0.05, 0.1) is 27.3 Å². The third-order valence-electron chi connectivity index (χ3n) is 6.26. The van der Waals surface area contributed by atoms with Crippen molar-refractivity contribution in [1.82, 2.24) is 20.9 Å². The van der Waals surface area contributed by atoms with Crippen LogP contribution >= 0.6 is 0 Å². The second kappa shape index (κ2) is 11.1. The molecule has 9 nitrogen and oxygen atoms in total. The maximum atomic E-state index is 11.8. The van der Waals surface area contributed by atoms with Gasteiger partial charge in [0, 0.05) is 25.0 Å². The molecule has 1 heterocycles. The summed E-state index contributed by atoms with van der Waals surface area (Å²) in [6, 6.07) is 5.83. The standard InChI is InChI=1S/C23H35N5O4/c1-4-24-21(25-12-13-28-20(29)15-26-22(28)30)27-16-23(10-6-5-7-11-23)17-8-9-18(31-2)19(14-17)32-3/h8-9,14H,4-7,10-13,15-16H2,1-3H3,(H,26,30)(H2,24,25,27). The van der Waals surface area contributed by atoms with Gasteiger partial charge in [-0.15, -0.1) is 0 Å². The fourth-order valence-corrected chi connectivity index (χ4v) is 4.47. The zero-order chi connectivity index (χ0) is 23.0. The van der Waals surface area contributed by atoms with Gasteiger partial charge in [-0.2, -0.15) is 0 Å². The van der Waals surface area contributed by atoms with Crippen LogP contribution < -0.4 is 25.4 Å². The monoisotopic (exact) mass is 445 g/mol. The molecular formula is C23H35N5O4. The van der Waals surface area contributed by atoms with Crippen molar-refractivity contribution in [1.29, 1.82) is 0 Å². The van der Waals surface area contributed by atoms with Crippen molar-refractivity contribution in [2.75, 3.05) is 46.9 Å². The number of ether oxygens (including phenoxy) is 2. The summed E-state index contributed by atoms with van der Waals surface area (Å²) in [5.41, 5.74) is 1.15. The van der Waals surface area contributed by atoms with Crippen LogP contribution in [0.4, 0.5) is 4.79 Å². The fourth-order valence-electron chi connectivity index (χ4n) is 4.47. The molecular weight excluding hydrogens is 410 g/mol. The molecule has 0 atom stereocenters. The fraction of sp³-hybridized carbons (Fsp3) is 0.609. The van der Waals surface area contributed by atoms with E-state index in [1.165, 1.54) is 29.7 Å². The van der Waals surface area contributed by atoms with E-state index in [9.17, 15) is 9.59 Å². The highest BCUT2D eigenvalue weighted by molar-refractivity contribution is 6.01. The molecule has 1 saturated carbocycles. The quantitative estimate of drug-likeness (QED) is 0.305. The lowest BCUT2D eigenvalue weighted by Crippen LogP contribution is -2.44. The average molecular weight is 446 g/mol. The summed E-state index contributed by atoms with van der Waals surface area (Å²) >= 11 is 0. The minimum absolute atomic E-state index is 0.0645. The number of carbonyl (C=O) groups is 2. The number of urea groups is 1. The Balaban J connectivity index is 1.74. The zero-order valence-corrected chi connectivity index (χ0v) is 19.3. The average Bonchev–Trinajstić information content (AvgIpc) is 3.14. The normalized spacial score (nSPS) is 18.3. The van der Waals surface area contributed by atoms with Crippen LogP contribution in [0.1, 0.15) is 44.6 Å². The second-order valence-corrected chi connectivity index (χ2v) is 8.24. The van der Waals surface area contributed by atoms with Gasteiger partial charge < -0.3 is 25.4 Å². The van der Waals surface area contributed by atoms with Crippen LogP contribution in [0.2, 0.25) is 0 Å². The molecule has 1 aliphatic carbocycles. The molecule has 0 spiro atoms. The van der Waals surface area contributed by atoms with Crippen molar-refractivity contribution in [3.8, 4) is 11.5 Å². The molecule has 1 aromatic rings. The van der Waals surface area contributed by atoms with Crippen LogP contribution in [0.5, 0.6) is 11.5 Å². The number of amides is 3. The molecule has 176 valence electrons. The first-order valence-electron chi connectivity index (χ1n) is 11.4. The molecule has 9 heteroatoms. The van der Waals surface area contributed by atoms with Gasteiger partial charge in [0.25, 0.3) is 0 Å². The van der Waals surface area contributed by atoms with E-state index in [1.54, 1.807) is 14.2 Å². The van der Waals surface area contributed by atoms with Gasteiger partial charge in [-0.25, -0.2) is 4.79 Å². The number of methoxy groups -OCH3 is 2. The van der Waals surface area contributed by atoms with E-state index >= 15 is 0 Å². The highest BCUT2D eigenvalue weighted by Crippen LogP contribution is 2.42. The molecule has 0 radical (unpaired) electrons. The Morgan fingerprint density at radius 3 is 2.50 bits per heavy atom. The van der Waals surface area contributed by atoms with Gasteiger partial charge in [0.15, 0.2) is 17.5 Å². The van der Waals surface area contributed by atoms with Gasteiger partial charge >= 0.3 is 6.03 Å². The summed E-state index contributed by atoms with van der Waals surface area (Å²) < 4.78 is 11.0. The third kappa shape index (κ3) is 5.44. The number of nitrogens with one attached hydrogen (secondary N) is 3. The minimum Gasteiger partial charge on any atom is -0.493 e. The Kier molecular flexibility index (Phi) is 8.19. The summed E-state index contributed by atoms with van der Waals surface area (Å²) in [5.74, 6) is 1.94. The Morgan fingerprint density at radius 1 is 1.12 bits per heavy atom. The Bertz CT molecular complexity index is 820. The number of hydrogen-bond donors (Lipinski definition) is 3. The second-order valence-electron chi connectivity index (χ2n) is 8.24.